The van der Waals surface area contributed by atoms with Crippen molar-refractivity contribution in [3.8, 4) is 5.75 Å². The minimum Gasteiger partial charge on any atom is -0.491 e. The summed E-state index contributed by atoms with van der Waals surface area (Å²) < 4.78 is 33.7. The number of carbonyl (C=O) groups excluding carboxylic acids is 1. The number of rotatable bonds is 8. The number of aryl methyl sites for hydroxylation is 2. The van der Waals surface area contributed by atoms with E-state index in [1.807, 2.05) is 39.8 Å². The normalized spacial score (nSPS) is 15.7. The second kappa shape index (κ2) is 10.1. The molecule has 1 saturated heterocycles. The first-order valence-electron chi connectivity index (χ1n) is 9.77. The third-order valence-corrected chi connectivity index (χ3v) is 7.04. The average Bonchev–Trinajstić information content (AvgIpc) is 2.67. The number of carbonyl (C=O) groups is 1. The molecule has 0 aromatic heterocycles. The van der Waals surface area contributed by atoms with Gasteiger partial charge >= 0.3 is 6.03 Å². The molecule has 2 rings (SSSR count). The highest BCUT2D eigenvalue weighted by Gasteiger charge is 2.31. The molecule has 8 nitrogen and oxygen atoms in total. The lowest BCUT2D eigenvalue weighted by Gasteiger charge is -2.36. The van der Waals surface area contributed by atoms with Gasteiger partial charge in [-0.05, 0) is 25.5 Å². The third-order valence-electron chi connectivity index (χ3n) is 4.85. The summed E-state index contributed by atoms with van der Waals surface area (Å²) in [6.45, 7) is 10.7. The molecule has 0 bridgehead atoms. The summed E-state index contributed by atoms with van der Waals surface area (Å²) in [7, 11) is -3.44. The lowest BCUT2D eigenvalue weighted by atomic mass is 10.1. The van der Waals surface area contributed by atoms with E-state index in [2.05, 4.69) is 11.4 Å². The molecule has 0 aliphatic carbocycles. The molecule has 1 fully saturated rings. The molecule has 1 aliphatic rings. The first kappa shape index (κ1) is 22.4. The number of benzene rings is 1. The van der Waals surface area contributed by atoms with E-state index >= 15 is 0 Å². The molecule has 0 saturated carbocycles. The summed E-state index contributed by atoms with van der Waals surface area (Å²) in [4.78, 5) is 13.9. The van der Waals surface area contributed by atoms with Crippen LogP contribution in [0.2, 0.25) is 0 Å². The Morgan fingerprint density at radius 1 is 1.14 bits per heavy atom. The van der Waals surface area contributed by atoms with Gasteiger partial charge in [-0.1, -0.05) is 31.5 Å². The molecule has 0 radical (unpaired) electrons. The van der Waals surface area contributed by atoms with Gasteiger partial charge in [-0.2, -0.15) is 17.0 Å². The summed E-state index contributed by atoms with van der Waals surface area (Å²) in [5.41, 5.74) is 2.25. The fourth-order valence-corrected chi connectivity index (χ4v) is 4.83. The molecular weight excluding hydrogens is 380 g/mol. The van der Waals surface area contributed by atoms with Crippen molar-refractivity contribution in [2.24, 2.45) is 0 Å². The monoisotopic (exact) mass is 412 g/mol. The average molecular weight is 413 g/mol. The molecule has 158 valence electrons. The zero-order valence-corrected chi connectivity index (χ0v) is 18.1. The Labute approximate surface area is 168 Å². The molecule has 0 spiro atoms. The Balaban J connectivity index is 1.75. The van der Waals surface area contributed by atoms with Crippen molar-refractivity contribution < 1.29 is 17.9 Å². The van der Waals surface area contributed by atoms with E-state index in [4.69, 9.17) is 4.74 Å². The first-order valence-corrected chi connectivity index (χ1v) is 11.2. The van der Waals surface area contributed by atoms with Crippen molar-refractivity contribution in [2.45, 2.75) is 27.7 Å². The van der Waals surface area contributed by atoms with E-state index in [0.29, 0.717) is 52.4 Å². The van der Waals surface area contributed by atoms with Gasteiger partial charge in [-0.3, -0.25) is 0 Å². The van der Waals surface area contributed by atoms with Crippen molar-refractivity contribution in [1.29, 1.82) is 0 Å². The highest BCUT2D eigenvalue weighted by Crippen LogP contribution is 2.18. The predicted molar refractivity (Wildman–Crippen MR) is 110 cm³/mol. The zero-order chi connectivity index (χ0) is 20.7. The number of nitrogens with zero attached hydrogens (tertiary/aromatic N) is 3. The number of urea groups is 1. The van der Waals surface area contributed by atoms with E-state index in [1.165, 1.54) is 14.2 Å². The van der Waals surface area contributed by atoms with Crippen LogP contribution < -0.4 is 10.1 Å². The molecule has 28 heavy (non-hydrogen) atoms. The van der Waals surface area contributed by atoms with Crippen LogP contribution in [-0.2, 0) is 10.2 Å². The second-order valence-corrected chi connectivity index (χ2v) is 8.76. The Hall–Kier alpha value is -1.84. The lowest BCUT2D eigenvalue weighted by molar-refractivity contribution is 0.167. The number of hydrogen-bond acceptors (Lipinski definition) is 4. The van der Waals surface area contributed by atoms with Gasteiger partial charge in [-0.25, -0.2) is 4.79 Å². The molecule has 1 aromatic carbocycles. The Morgan fingerprint density at radius 3 is 2.36 bits per heavy atom. The van der Waals surface area contributed by atoms with E-state index in [-0.39, 0.29) is 6.03 Å². The fraction of sp³-hybridized carbons (Fsp3) is 0.632. The summed E-state index contributed by atoms with van der Waals surface area (Å²) in [5, 5.41) is 2.84. The summed E-state index contributed by atoms with van der Waals surface area (Å²) in [5.74, 6) is 0.815. The van der Waals surface area contributed by atoms with E-state index in [1.54, 1.807) is 4.90 Å². The summed E-state index contributed by atoms with van der Waals surface area (Å²) >= 11 is 0. The largest absolute Gasteiger partial charge is 0.491 e. The van der Waals surface area contributed by atoms with Gasteiger partial charge in [0.1, 0.15) is 12.4 Å². The van der Waals surface area contributed by atoms with Gasteiger partial charge < -0.3 is 15.0 Å². The van der Waals surface area contributed by atoms with Crippen LogP contribution in [0.3, 0.4) is 0 Å². The van der Waals surface area contributed by atoms with Crippen LogP contribution in [0, 0.1) is 13.8 Å². The molecule has 2 amide bonds. The molecule has 0 atom stereocenters. The molecule has 1 heterocycles. The number of hydrogen-bond donors (Lipinski definition) is 1. The summed E-state index contributed by atoms with van der Waals surface area (Å²) in [6, 6.07) is 5.79. The van der Waals surface area contributed by atoms with Crippen LogP contribution in [0.15, 0.2) is 18.2 Å². The van der Waals surface area contributed by atoms with Gasteiger partial charge in [-0.15, -0.1) is 0 Å². The minimum atomic E-state index is -3.44. The predicted octanol–water partition coefficient (Wildman–Crippen LogP) is 1.60. The number of amides is 2. The highest BCUT2D eigenvalue weighted by atomic mass is 32.2. The SMILES string of the molecule is CCN(CC)S(=O)(=O)N1CCN(C(=O)NCCOc2ccc(C)cc2C)CC1. The van der Waals surface area contributed by atoms with E-state index in [0.717, 1.165) is 11.3 Å². The third kappa shape index (κ3) is 5.59. The number of ether oxygens (including phenoxy) is 1. The zero-order valence-electron chi connectivity index (χ0n) is 17.3. The van der Waals surface area contributed by atoms with Gasteiger partial charge in [0.2, 0.25) is 0 Å². The fourth-order valence-electron chi connectivity index (χ4n) is 3.23. The van der Waals surface area contributed by atoms with Crippen LogP contribution in [0.1, 0.15) is 25.0 Å². The van der Waals surface area contributed by atoms with Crippen molar-refractivity contribution in [3.05, 3.63) is 29.3 Å². The molecule has 0 unspecified atom stereocenters. The van der Waals surface area contributed by atoms with Crippen molar-refractivity contribution in [1.82, 2.24) is 18.8 Å². The Bertz CT molecular complexity index is 757. The van der Waals surface area contributed by atoms with Crippen LogP contribution in [0.25, 0.3) is 0 Å². The molecular formula is C19H32N4O4S. The van der Waals surface area contributed by atoms with Gasteiger partial charge in [0.25, 0.3) is 10.2 Å². The molecule has 1 aliphatic heterocycles. The van der Waals surface area contributed by atoms with Crippen molar-refractivity contribution >= 4 is 16.2 Å². The standard InChI is InChI=1S/C19H32N4O4S/c1-5-22(6-2)28(25,26)23-12-10-21(11-13-23)19(24)20-9-14-27-18-8-7-16(3)15-17(18)4/h7-8,15H,5-6,9-14H2,1-4H3,(H,20,24). The Morgan fingerprint density at radius 2 is 1.79 bits per heavy atom. The topological polar surface area (TPSA) is 82.2 Å². The summed E-state index contributed by atoms with van der Waals surface area (Å²) in [6.07, 6.45) is 0. The second-order valence-electron chi connectivity index (χ2n) is 6.83. The molecule has 9 heteroatoms. The minimum absolute atomic E-state index is 0.191. The lowest BCUT2D eigenvalue weighted by Crippen LogP contribution is -2.56. The molecule has 1 aromatic rings. The maximum Gasteiger partial charge on any atom is 0.317 e. The van der Waals surface area contributed by atoms with Gasteiger partial charge in [0.05, 0.1) is 6.54 Å². The molecule has 1 N–H and O–H groups in total. The number of nitrogens with one attached hydrogen (secondary N) is 1. The smallest absolute Gasteiger partial charge is 0.317 e. The number of piperazine rings is 1. The maximum absolute atomic E-state index is 12.5. The van der Waals surface area contributed by atoms with Crippen molar-refractivity contribution in [2.75, 3.05) is 52.4 Å². The van der Waals surface area contributed by atoms with Crippen LogP contribution in [-0.4, -0.2) is 80.4 Å². The van der Waals surface area contributed by atoms with Crippen molar-refractivity contribution in [3.63, 3.8) is 0 Å². The van der Waals surface area contributed by atoms with E-state index < -0.39 is 10.2 Å². The maximum atomic E-state index is 12.5. The quantitative estimate of drug-likeness (QED) is 0.658. The van der Waals surface area contributed by atoms with Gasteiger partial charge in [0.15, 0.2) is 0 Å². The van der Waals surface area contributed by atoms with Crippen LogP contribution >= 0.6 is 0 Å². The van der Waals surface area contributed by atoms with E-state index in [9.17, 15) is 13.2 Å². The highest BCUT2D eigenvalue weighted by molar-refractivity contribution is 7.86. The van der Waals surface area contributed by atoms with Crippen LogP contribution in [0.5, 0.6) is 5.75 Å². The van der Waals surface area contributed by atoms with Crippen LogP contribution in [0.4, 0.5) is 4.79 Å². The Kier molecular flexibility index (Phi) is 8.09. The first-order chi connectivity index (χ1) is 13.3. The van der Waals surface area contributed by atoms with Gasteiger partial charge in [0, 0.05) is 39.3 Å².